The van der Waals surface area contributed by atoms with Crippen LogP contribution in [0.15, 0.2) is 23.1 Å². The Morgan fingerprint density at radius 3 is 2.55 bits per heavy atom. The second kappa shape index (κ2) is 4.89. The van der Waals surface area contributed by atoms with Crippen LogP contribution in [0, 0.1) is 5.41 Å². The van der Waals surface area contributed by atoms with Crippen LogP contribution in [0.1, 0.15) is 0 Å². The molecule has 0 aromatic rings. The molecular formula is C5H10N6. The second-order valence-corrected chi connectivity index (χ2v) is 1.55. The van der Waals surface area contributed by atoms with E-state index < -0.39 is 0 Å². The van der Waals surface area contributed by atoms with Crippen molar-refractivity contribution in [1.82, 2.24) is 5.32 Å². The lowest BCUT2D eigenvalue weighted by Crippen LogP contribution is -2.24. The van der Waals surface area contributed by atoms with Gasteiger partial charge in [-0.3, -0.25) is 5.41 Å². The van der Waals surface area contributed by atoms with Gasteiger partial charge in [-0.15, -0.1) is 0 Å². The lowest BCUT2D eigenvalue weighted by molar-refractivity contribution is 1.19. The van der Waals surface area contributed by atoms with Crippen LogP contribution in [-0.2, 0) is 0 Å². The van der Waals surface area contributed by atoms with Crippen molar-refractivity contribution in [3.8, 4) is 0 Å². The zero-order valence-corrected chi connectivity index (χ0v) is 5.83. The molecule has 0 aliphatic heterocycles. The number of nitrogens with one attached hydrogen (secondary N) is 2. The van der Waals surface area contributed by atoms with E-state index in [-0.39, 0.29) is 11.9 Å². The Balaban J connectivity index is 3.83. The molecule has 0 aliphatic carbocycles. The molecule has 0 amide bonds. The minimum absolute atomic E-state index is 0.0475. The molecule has 0 fully saturated rings. The van der Waals surface area contributed by atoms with E-state index in [1.165, 1.54) is 12.4 Å². The molecule has 0 saturated carbocycles. The van der Waals surface area contributed by atoms with E-state index in [0.717, 1.165) is 0 Å². The van der Waals surface area contributed by atoms with Gasteiger partial charge >= 0.3 is 0 Å². The van der Waals surface area contributed by atoms with Crippen LogP contribution >= 0.6 is 0 Å². The molecule has 0 aromatic heterocycles. The summed E-state index contributed by atoms with van der Waals surface area (Å²) in [5.41, 5.74) is 17.4. The lowest BCUT2D eigenvalue weighted by atomic mass is 10.8. The fraction of sp³-hybridized carbons (Fsp3) is 0. The van der Waals surface area contributed by atoms with Crippen LogP contribution < -0.4 is 22.5 Å². The Kier molecular flexibility index (Phi) is 4.03. The van der Waals surface area contributed by atoms with Crippen LogP contribution in [0.4, 0.5) is 0 Å². The number of nitrogens with two attached hydrogens (primary N) is 3. The molecule has 8 N–H and O–H groups in total. The van der Waals surface area contributed by atoms with E-state index in [0.29, 0.717) is 0 Å². The molecule has 0 rings (SSSR count). The Bertz CT molecular complexity index is 217. The molecule has 6 nitrogen and oxygen atoms in total. The zero-order chi connectivity index (χ0) is 8.69. The quantitative estimate of drug-likeness (QED) is 0.186. The normalized spacial score (nSPS) is 7.27. The maximum atomic E-state index is 6.71. The highest BCUT2D eigenvalue weighted by Crippen LogP contribution is 1.66. The molecule has 11 heavy (non-hydrogen) atoms. The Hall–Kier alpha value is -1.94. The second-order valence-electron chi connectivity index (χ2n) is 1.55. The Labute approximate surface area is 64.0 Å². The summed E-state index contributed by atoms with van der Waals surface area (Å²) in [6, 6.07) is 0. The third-order valence-electron chi connectivity index (χ3n) is 0.599. The van der Waals surface area contributed by atoms with Crippen molar-refractivity contribution in [2.75, 3.05) is 0 Å². The standard InChI is InChI=1S/C5H10N6/c6-4(7)10-2-1-3-11-5(8)9/h2-3H,(H4,6,7,10)(H4,8,9,11). The van der Waals surface area contributed by atoms with Gasteiger partial charge in [0.05, 0.1) is 6.20 Å². The molecule has 6 heteroatoms. The van der Waals surface area contributed by atoms with Gasteiger partial charge in [0.1, 0.15) is 0 Å². The number of rotatable bonds is 2. The van der Waals surface area contributed by atoms with Gasteiger partial charge in [-0.1, -0.05) is 5.73 Å². The minimum Gasteiger partial charge on any atom is -0.370 e. The zero-order valence-electron chi connectivity index (χ0n) is 5.83. The van der Waals surface area contributed by atoms with Gasteiger partial charge in [0.15, 0.2) is 11.9 Å². The summed E-state index contributed by atoms with van der Waals surface area (Å²) >= 11 is 0. The molecule has 0 radical (unpaired) electrons. The number of hydrogen-bond acceptors (Lipinski definition) is 2. The van der Waals surface area contributed by atoms with Gasteiger partial charge < -0.3 is 22.5 Å². The number of nitrogens with zero attached hydrogens (tertiary/aromatic N) is 1. The Morgan fingerprint density at radius 1 is 1.45 bits per heavy atom. The molecular weight excluding hydrogens is 144 g/mol. The summed E-state index contributed by atoms with van der Waals surface area (Å²) in [7, 11) is 0. The molecule has 0 aliphatic rings. The third kappa shape index (κ3) is 8.06. The largest absolute Gasteiger partial charge is 0.370 e. The van der Waals surface area contributed by atoms with Gasteiger partial charge in [0.2, 0.25) is 0 Å². The van der Waals surface area contributed by atoms with E-state index in [4.69, 9.17) is 22.6 Å². The molecule has 0 bridgehead atoms. The van der Waals surface area contributed by atoms with Crippen LogP contribution in [0.2, 0.25) is 0 Å². The summed E-state index contributed by atoms with van der Waals surface area (Å²) in [5, 5.41) is 9.07. The van der Waals surface area contributed by atoms with Gasteiger partial charge in [0.25, 0.3) is 0 Å². The molecule has 0 saturated heterocycles. The highest BCUT2D eigenvalue weighted by atomic mass is 15.0. The third-order valence-corrected chi connectivity index (χ3v) is 0.599. The molecule has 0 spiro atoms. The number of guanidine groups is 2. The van der Waals surface area contributed by atoms with Gasteiger partial charge in [-0.25, -0.2) is 4.99 Å². The average molecular weight is 154 g/mol. The topological polar surface area (TPSA) is 126 Å². The van der Waals surface area contributed by atoms with E-state index in [1.54, 1.807) is 0 Å². The Morgan fingerprint density at radius 2 is 2.09 bits per heavy atom. The highest BCUT2D eigenvalue weighted by Gasteiger charge is 1.73. The van der Waals surface area contributed by atoms with Gasteiger partial charge in [-0.2, -0.15) is 0 Å². The number of hydrogen-bond donors (Lipinski definition) is 5. The molecule has 0 unspecified atom stereocenters. The molecule has 60 valence electrons. The van der Waals surface area contributed by atoms with Crippen LogP contribution in [-0.4, -0.2) is 11.9 Å². The summed E-state index contributed by atoms with van der Waals surface area (Å²) in [4.78, 5) is 3.47. The predicted molar refractivity (Wildman–Crippen MR) is 43.5 cm³/mol. The van der Waals surface area contributed by atoms with Crippen molar-refractivity contribution < 1.29 is 0 Å². The smallest absolute Gasteiger partial charge is 0.191 e. The monoisotopic (exact) mass is 154 g/mol. The average Bonchev–Trinajstić information content (AvgIpc) is 1.85. The maximum absolute atomic E-state index is 6.71. The SMILES string of the molecule is N=C(N)NC=C=CN=C(N)N. The van der Waals surface area contributed by atoms with Crippen LogP contribution in [0.5, 0.6) is 0 Å². The molecule has 0 aromatic carbocycles. The summed E-state index contributed by atoms with van der Waals surface area (Å²) < 4.78 is 0. The summed E-state index contributed by atoms with van der Waals surface area (Å²) in [6.45, 7) is 0. The van der Waals surface area contributed by atoms with Crippen molar-refractivity contribution in [2.24, 2.45) is 22.2 Å². The number of aliphatic imine (C=N–C) groups is 1. The van der Waals surface area contributed by atoms with E-state index in [2.05, 4.69) is 16.0 Å². The maximum Gasteiger partial charge on any atom is 0.191 e. The minimum atomic E-state index is -0.171. The lowest BCUT2D eigenvalue weighted by Gasteiger charge is -1.88. The first-order chi connectivity index (χ1) is 5.13. The first-order valence-corrected chi connectivity index (χ1v) is 2.71. The summed E-state index contributed by atoms with van der Waals surface area (Å²) in [5.74, 6) is -0.218. The summed E-state index contributed by atoms with van der Waals surface area (Å²) in [6.07, 6.45) is 2.57. The van der Waals surface area contributed by atoms with E-state index in [9.17, 15) is 0 Å². The van der Waals surface area contributed by atoms with Crippen molar-refractivity contribution in [3.63, 3.8) is 0 Å². The van der Waals surface area contributed by atoms with Gasteiger partial charge in [-0.05, 0) is 0 Å². The van der Waals surface area contributed by atoms with Crippen molar-refractivity contribution in [1.29, 1.82) is 5.41 Å². The van der Waals surface area contributed by atoms with Crippen molar-refractivity contribution >= 4 is 11.9 Å². The predicted octanol–water partition coefficient (Wildman–Crippen LogP) is -1.63. The van der Waals surface area contributed by atoms with Crippen molar-refractivity contribution in [3.05, 3.63) is 18.1 Å². The molecule has 0 heterocycles. The molecule has 0 atom stereocenters. The van der Waals surface area contributed by atoms with E-state index in [1.807, 2.05) is 0 Å². The van der Waals surface area contributed by atoms with Crippen molar-refractivity contribution in [2.45, 2.75) is 0 Å². The fourth-order valence-corrected chi connectivity index (χ4v) is 0.268. The first-order valence-electron chi connectivity index (χ1n) is 2.71. The van der Waals surface area contributed by atoms with Crippen LogP contribution in [0.3, 0.4) is 0 Å². The van der Waals surface area contributed by atoms with E-state index >= 15 is 0 Å². The van der Waals surface area contributed by atoms with Gasteiger partial charge in [0, 0.05) is 6.20 Å². The first kappa shape index (κ1) is 9.06. The fourth-order valence-electron chi connectivity index (χ4n) is 0.268. The highest BCUT2D eigenvalue weighted by molar-refractivity contribution is 5.76. The van der Waals surface area contributed by atoms with Crippen LogP contribution in [0.25, 0.3) is 0 Å².